The quantitative estimate of drug-likeness (QED) is 0.522. The van der Waals surface area contributed by atoms with E-state index in [9.17, 15) is 26.3 Å². The van der Waals surface area contributed by atoms with E-state index in [4.69, 9.17) is 4.74 Å². The lowest BCUT2D eigenvalue weighted by Crippen LogP contribution is -2.68. The van der Waals surface area contributed by atoms with Crippen LogP contribution in [0.1, 0.15) is 18.4 Å². The Morgan fingerprint density at radius 1 is 0.812 bits per heavy atom. The molecule has 0 aromatic heterocycles. The molecular formula is C23H24F6N2O. The molecule has 2 fully saturated rings. The molecule has 2 saturated heterocycles. The summed E-state index contributed by atoms with van der Waals surface area (Å²) in [5, 5.41) is 0. The summed E-state index contributed by atoms with van der Waals surface area (Å²) in [5.74, 6) is 1.44. The number of piperidine rings is 1. The van der Waals surface area contributed by atoms with Crippen molar-refractivity contribution in [2.24, 2.45) is 5.41 Å². The van der Waals surface area contributed by atoms with Gasteiger partial charge in [0.15, 0.2) is 0 Å². The first-order valence-corrected chi connectivity index (χ1v) is 10.5. The molecule has 0 bridgehead atoms. The fourth-order valence-electron chi connectivity index (χ4n) is 4.69. The number of ether oxygens (including phenoxy) is 1. The summed E-state index contributed by atoms with van der Waals surface area (Å²) in [6, 6.07) is 13.7. The molecule has 0 amide bonds. The number of para-hydroxylation sites is 1. The van der Waals surface area contributed by atoms with Crippen molar-refractivity contribution in [1.82, 2.24) is 9.80 Å². The Balaban J connectivity index is 1.30. The number of benzene rings is 2. The number of hydrogen-bond donors (Lipinski definition) is 0. The summed E-state index contributed by atoms with van der Waals surface area (Å²) in [5.41, 5.74) is 0.586. The molecule has 0 saturated carbocycles. The number of halogens is 6. The van der Waals surface area contributed by atoms with Crippen molar-refractivity contribution in [1.29, 1.82) is 0 Å². The maximum atomic E-state index is 12.9. The SMILES string of the molecule is FC(F)(F)C(N1CC2(CCN(Cc3cccc(Oc4ccccc4)c3)CC2)C1)C(F)(F)F. The standard InChI is InChI=1S/C23H24F6N2O/c24-22(25,26)20(23(27,28)29)31-15-21(16-31)9-11-30(12-10-21)14-17-5-4-8-19(13-17)32-18-6-2-1-3-7-18/h1-8,13,20H,9-12,14-16H2. The van der Waals surface area contributed by atoms with Crippen molar-refractivity contribution in [3.05, 3.63) is 60.2 Å². The molecule has 0 atom stereocenters. The molecule has 0 N–H and O–H groups in total. The molecular weight excluding hydrogens is 434 g/mol. The second kappa shape index (κ2) is 8.59. The maximum absolute atomic E-state index is 12.9. The van der Waals surface area contributed by atoms with E-state index < -0.39 is 23.8 Å². The van der Waals surface area contributed by atoms with Crippen LogP contribution in [0, 0.1) is 5.41 Å². The predicted octanol–water partition coefficient (Wildman–Crippen LogP) is 5.87. The van der Waals surface area contributed by atoms with Gasteiger partial charge in [-0.1, -0.05) is 30.3 Å². The topological polar surface area (TPSA) is 15.7 Å². The van der Waals surface area contributed by atoms with Crippen LogP contribution in [0.25, 0.3) is 0 Å². The van der Waals surface area contributed by atoms with Crippen LogP contribution in [-0.2, 0) is 6.54 Å². The van der Waals surface area contributed by atoms with E-state index in [-0.39, 0.29) is 13.1 Å². The lowest BCUT2D eigenvalue weighted by atomic mass is 9.71. The first-order valence-electron chi connectivity index (χ1n) is 10.5. The third-order valence-electron chi connectivity index (χ3n) is 6.26. The Morgan fingerprint density at radius 2 is 1.41 bits per heavy atom. The van der Waals surface area contributed by atoms with Crippen LogP contribution in [0.5, 0.6) is 11.5 Å². The number of nitrogens with zero attached hydrogens (tertiary/aromatic N) is 2. The summed E-state index contributed by atoms with van der Waals surface area (Å²) < 4.78 is 83.5. The molecule has 32 heavy (non-hydrogen) atoms. The van der Waals surface area contributed by atoms with E-state index in [0.29, 0.717) is 43.1 Å². The van der Waals surface area contributed by atoms with E-state index in [0.717, 1.165) is 11.3 Å². The van der Waals surface area contributed by atoms with Crippen LogP contribution in [0.3, 0.4) is 0 Å². The minimum Gasteiger partial charge on any atom is -0.457 e. The van der Waals surface area contributed by atoms with Crippen LogP contribution >= 0.6 is 0 Å². The highest BCUT2D eigenvalue weighted by Gasteiger charge is 2.64. The number of alkyl halides is 6. The van der Waals surface area contributed by atoms with Gasteiger partial charge in [-0.25, -0.2) is 0 Å². The summed E-state index contributed by atoms with van der Waals surface area (Å²) in [7, 11) is 0. The number of hydrogen-bond acceptors (Lipinski definition) is 3. The minimum absolute atomic E-state index is 0.162. The highest BCUT2D eigenvalue weighted by Crippen LogP contribution is 2.47. The van der Waals surface area contributed by atoms with Crippen LogP contribution in [-0.4, -0.2) is 54.4 Å². The van der Waals surface area contributed by atoms with Gasteiger partial charge in [0.25, 0.3) is 0 Å². The summed E-state index contributed by atoms with van der Waals surface area (Å²) >= 11 is 0. The van der Waals surface area contributed by atoms with Gasteiger partial charge >= 0.3 is 12.4 Å². The van der Waals surface area contributed by atoms with Crippen LogP contribution < -0.4 is 4.74 Å². The molecule has 2 heterocycles. The van der Waals surface area contributed by atoms with Gasteiger partial charge in [-0.15, -0.1) is 0 Å². The smallest absolute Gasteiger partial charge is 0.412 e. The van der Waals surface area contributed by atoms with Crippen molar-refractivity contribution >= 4 is 0 Å². The third-order valence-corrected chi connectivity index (χ3v) is 6.26. The Kier molecular flexibility index (Phi) is 6.15. The molecule has 9 heteroatoms. The lowest BCUT2D eigenvalue weighted by molar-refractivity contribution is -0.307. The first-order chi connectivity index (χ1) is 15.0. The molecule has 3 nitrogen and oxygen atoms in total. The largest absolute Gasteiger partial charge is 0.457 e. The van der Waals surface area contributed by atoms with E-state index >= 15 is 0 Å². The zero-order valence-electron chi connectivity index (χ0n) is 17.3. The van der Waals surface area contributed by atoms with Crippen LogP contribution in [0.2, 0.25) is 0 Å². The van der Waals surface area contributed by atoms with Gasteiger partial charge in [0, 0.05) is 19.6 Å². The molecule has 2 aromatic carbocycles. The molecule has 0 unspecified atom stereocenters. The third kappa shape index (κ3) is 5.20. The molecule has 1 spiro atoms. The van der Waals surface area contributed by atoms with E-state index in [1.165, 1.54) is 0 Å². The Bertz CT molecular complexity index is 885. The lowest BCUT2D eigenvalue weighted by Gasteiger charge is -2.56. The molecule has 0 radical (unpaired) electrons. The minimum atomic E-state index is -5.31. The van der Waals surface area contributed by atoms with E-state index in [1.807, 2.05) is 54.6 Å². The van der Waals surface area contributed by atoms with Gasteiger partial charge in [0.05, 0.1) is 0 Å². The zero-order chi connectivity index (χ0) is 23.0. The first kappa shape index (κ1) is 22.9. The van der Waals surface area contributed by atoms with Crippen molar-refractivity contribution in [2.75, 3.05) is 26.2 Å². The van der Waals surface area contributed by atoms with Gasteiger partial charge in [0.2, 0.25) is 6.04 Å². The maximum Gasteiger partial charge on any atom is 0.412 e. The summed E-state index contributed by atoms with van der Waals surface area (Å²) in [6.45, 7) is 1.61. The highest BCUT2D eigenvalue weighted by molar-refractivity contribution is 5.33. The van der Waals surface area contributed by atoms with Gasteiger partial charge in [-0.2, -0.15) is 26.3 Å². The van der Waals surface area contributed by atoms with Crippen molar-refractivity contribution < 1.29 is 31.1 Å². The predicted molar refractivity (Wildman–Crippen MR) is 107 cm³/mol. The number of likely N-dealkylation sites (tertiary alicyclic amines) is 2. The van der Waals surface area contributed by atoms with Gasteiger partial charge in [-0.3, -0.25) is 9.80 Å². The number of rotatable bonds is 5. The molecule has 174 valence electrons. The highest BCUT2D eigenvalue weighted by atomic mass is 19.4. The Morgan fingerprint density at radius 3 is 2.00 bits per heavy atom. The molecule has 2 aliphatic rings. The summed E-state index contributed by atoms with van der Waals surface area (Å²) in [6.07, 6.45) is -9.45. The van der Waals surface area contributed by atoms with Crippen molar-refractivity contribution in [3.63, 3.8) is 0 Å². The van der Waals surface area contributed by atoms with Gasteiger partial charge in [-0.05, 0) is 61.2 Å². The van der Waals surface area contributed by atoms with Crippen molar-refractivity contribution in [3.8, 4) is 11.5 Å². The van der Waals surface area contributed by atoms with Crippen LogP contribution in [0.4, 0.5) is 26.3 Å². The normalized spacial score (nSPS) is 19.8. The van der Waals surface area contributed by atoms with Crippen LogP contribution in [0.15, 0.2) is 54.6 Å². The van der Waals surface area contributed by atoms with Gasteiger partial charge in [0.1, 0.15) is 11.5 Å². The average Bonchev–Trinajstić information content (AvgIpc) is 2.67. The summed E-state index contributed by atoms with van der Waals surface area (Å²) in [4.78, 5) is 2.71. The molecule has 0 aliphatic carbocycles. The molecule has 2 aromatic rings. The zero-order valence-corrected chi connectivity index (χ0v) is 17.3. The van der Waals surface area contributed by atoms with E-state index in [1.54, 1.807) is 0 Å². The second-order valence-corrected chi connectivity index (χ2v) is 8.73. The average molecular weight is 458 g/mol. The monoisotopic (exact) mass is 458 g/mol. The van der Waals surface area contributed by atoms with Gasteiger partial charge < -0.3 is 4.74 Å². The fraction of sp³-hybridized carbons (Fsp3) is 0.478. The van der Waals surface area contributed by atoms with E-state index in [2.05, 4.69) is 4.90 Å². The second-order valence-electron chi connectivity index (χ2n) is 8.73. The molecule has 2 aliphatic heterocycles. The Hall–Kier alpha value is -2.26. The Labute approximate surface area is 182 Å². The van der Waals surface area contributed by atoms with Crippen molar-refractivity contribution in [2.45, 2.75) is 37.8 Å². The fourth-order valence-corrected chi connectivity index (χ4v) is 4.69. The molecule has 4 rings (SSSR count).